The lowest BCUT2D eigenvalue weighted by Gasteiger charge is -2.06. The standard InChI is InChI=1S/C18H14Cl2N2O3/c1-22-15(9-10-21-22)16(23)8-7-12-5-6-13(25-12)11-24-17-4-2-3-14(19)18(17)20/h2-10H,11H2,1H3. The lowest BCUT2D eigenvalue weighted by molar-refractivity contribution is 0.103. The van der Waals surface area contributed by atoms with Crippen molar-refractivity contribution in [2.24, 2.45) is 7.05 Å². The number of aromatic nitrogens is 2. The molecule has 0 unspecified atom stereocenters. The Balaban J connectivity index is 1.62. The third-order valence-corrected chi connectivity index (χ3v) is 4.24. The molecule has 0 radical (unpaired) electrons. The lowest BCUT2D eigenvalue weighted by atomic mass is 10.2. The Kier molecular flexibility index (Phi) is 5.26. The van der Waals surface area contributed by atoms with E-state index in [9.17, 15) is 4.79 Å². The molecule has 1 aromatic carbocycles. The Morgan fingerprint density at radius 3 is 2.88 bits per heavy atom. The normalized spacial score (nSPS) is 11.2. The molecule has 25 heavy (non-hydrogen) atoms. The van der Waals surface area contributed by atoms with E-state index in [4.69, 9.17) is 32.4 Å². The van der Waals surface area contributed by atoms with Crippen molar-refractivity contribution in [1.82, 2.24) is 9.78 Å². The predicted octanol–water partition coefficient (Wildman–Crippen LogP) is 4.80. The number of ketones is 1. The van der Waals surface area contributed by atoms with Gasteiger partial charge in [0.2, 0.25) is 5.78 Å². The third kappa shape index (κ3) is 4.13. The number of rotatable bonds is 6. The van der Waals surface area contributed by atoms with Crippen LogP contribution in [0.3, 0.4) is 0 Å². The van der Waals surface area contributed by atoms with Crippen molar-refractivity contribution in [3.8, 4) is 5.75 Å². The topological polar surface area (TPSA) is 57.3 Å². The van der Waals surface area contributed by atoms with Crippen LogP contribution in [0.4, 0.5) is 0 Å². The second kappa shape index (κ2) is 7.59. The number of allylic oxidation sites excluding steroid dienone is 1. The molecule has 3 rings (SSSR count). The minimum absolute atomic E-state index is 0.153. The molecule has 0 spiro atoms. The van der Waals surface area contributed by atoms with Crippen LogP contribution < -0.4 is 4.74 Å². The maximum Gasteiger partial charge on any atom is 0.203 e. The van der Waals surface area contributed by atoms with Gasteiger partial charge in [-0.3, -0.25) is 9.48 Å². The number of halogens is 2. The highest BCUT2D eigenvalue weighted by molar-refractivity contribution is 6.42. The number of carbonyl (C=O) groups excluding carboxylic acids is 1. The van der Waals surface area contributed by atoms with Gasteiger partial charge in [-0.15, -0.1) is 0 Å². The predicted molar refractivity (Wildman–Crippen MR) is 96.1 cm³/mol. The molecule has 0 fully saturated rings. The molecule has 0 aliphatic heterocycles. The highest BCUT2D eigenvalue weighted by atomic mass is 35.5. The molecule has 0 saturated heterocycles. The number of hydrogen-bond acceptors (Lipinski definition) is 4. The number of aryl methyl sites for hydroxylation is 1. The Labute approximate surface area is 154 Å². The zero-order valence-corrected chi connectivity index (χ0v) is 14.8. The zero-order chi connectivity index (χ0) is 17.8. The summed E-state index contributed by atoms with van der Waals surface area (Å²) in [7, 11) is 1.71. The fourth-order valence-corrected chi connectivity index (χ4v) is 2.51. The number of hydrogen-bond donors (Lipinski definition) is 0. The van der Waals surface area contributed by atoms with Crippen molar-refractivity contribution in [3.63, 3.8) is 0 Å². The largest absolute Gasteiger partial charge is 0.484 e. The van der Waals surface area contributed by atoms with E-state index in [0.29, 0.717) is 33.0 Å². The van der Waals surface area contributed by atoms with Crippen LogP contribution in [0.25, 0.3) is 6.08 Å². The Hall–Kier alpha value is -2.50. The maximum atomic E-state index is 12.0. The molecule has 2 heterocycles. The molecule has 0 amide bonds. The average Bonchev–Trinajstić information content (AvgIpc) is 3.23. The van der Waals surface area contributed by atoms with Gasteiger partial charge < -0.3 is 9.15 Å². The minimum Gasteiger partial charge on any atom is -0.484 e. The summed E-state index contributed by atoms with van der Waals surface area (Å²) in [4.78, 5) is 12.0. The first-order valence-electron chi connectivity index (χ1n) is 7.40. The molecular formula is C18H14Cl2N2O3. The number of nitrogens with zero attached hydrogens (tertiary/aromatic N) is 2. The number of ether oxygens (including phenoxy) is 1. The summed E-state index contributed by atoms with van der Waals surface area (Å²) in [6.45, 7) is 0.198. The molecule has 128 valence electrons. The Bertz CT molecular complexity index is 928. The first kappa shape index (κ1) is 17.3. The quantitative estimate of drug-likeness (QED) is 0.458. The van der Waals surface area contributed by atoms with Crippen LogP contribution in [0.1, 0.15) is 22.0 Å². The van der Waals surface area contributed by atoms with Crippen molar-refractivity contribution in [2.45, 2.75) is 6.61 Å². The van der Waals surface area contributed by atoms with Crippen molar-refractivity contribution < 1.29 is 13.9 Å². The van der Waals surface area contributed by atoms with E-state index >= 15 is 0 Å². The van der Waals surface area contributed by atoms with E-state index in [1.54, 1.807) is 55.7 Å². The fraction of sp³-hybridized carbons (Fsp3) is 0.111. The molecule has 0 N–H and O–H groups in total. The van der Waals surface area contributed by atoms with Crippen LogP contribution in [0, 0.1) is 0 Å². The Morgan fingerprint density at radius 1 is 1.28 bits per heavy atom. The second-order valence-corrected chi connectivity index (χ2v) is 5.97. The minimum atomic E-state index is -0.153. The smallest absolute Gasteiger partial charge is 0.203 e. The fourth-order valence-electron chi connectivity index (χ4n) is 2.16. The van der Waals surface area contributed by atoms with Gasteiger partial charge in [0.25, 0.3) is 0 Å². The second-order valence-electron chi connectivity index (χ2n) is 5.18. The molecule has 0 saturated carbocycles. The van der Waals surface area contributed by atoms with Crippen molar-refractivity contribution in [3.05, 3.63) is 75.9 Å². The number of carbonyl (C=O) groups is 1. The highest BCUT2D eigenvalue weighted by Crippen LogP contribution is 2.32. The summed E-state index contributed by atoms with van der Waals surface area (Å²) in [6.07, 6.45) is 4.61. The van der Waals surface area contributed by atoms with Gasteiger partial charge in [-0.2, -0.15) is 5.10 Å². The molecule has 5 nitrogen and oxygen atoms in total. The van der Waals surface area contributed by atoms with Crippen LogP contribution in [0.5, 0.6) is 5.75 Å². The van der Waals surface area contributed by atoms with Gasteiger partial charge in [0.15, 0.2) is 0 Å². The molecule has 3 aromatic rings. The first-order chi connectivity index (χ1) is 12.0. The SMILES string of the molecule is Cn1nccc1C(=O)C=Cc1ccc(COc2cccc(Cl)c2Cl)o1. The van der Waals surface area contributed by atoms with E-state index in [-0.39, 0.29) is 12.4 Å². The van der Waals surface area contributed by atoms with Gasteiger partial charge in [-0.25, -0.2) is 0 Å². The number of furan rings is 1. The summed E-state index contributed by atoms with van der Waals surface area (Å²) in [5, 5.41) is 4.75. The van der Waals surface area contributed by atoms with Crippen LogP contribution in [-0.2, 0) is 13.7 Å². The van der Waals surface area contributed by atoms with Gasteiger partial charge in [-0.1, -0.05) is 29.3 Å². The number of benzene rings is 1. The molecule has 0 atom stereocenters. The summed E-state index contributed by atoms with van der Waals surface area (Å²) in [6, 6.07) is 10.3. The summed E-state index contributed by atoms with van der Waals surface area (Å²) < 4.78 is 12.7. The first-order valence-corrected chi connectivity index (χ1v) is 8.16. The molecule has 0 aliphatic rings. The van der Waals surface area contributed by atoms with E-state index in [1.165, 1.54) is 10.8 Å². The summed E-state index contributed by atoms with van der Waals surface area (Å²) in [5.74, 6) is 1.48. The van der Waals surface area contributed by atoms with Crippen molar-refractivity contribution in [2.75, 3.05) is 0 Å². The molecule has 0 bridgehead atoms. The third-order valence-electron chi connectivity index (χ3n) is 3.44. The highest BCUT2D eigenvalue weighted by Gasteiger charge is 2.08. The van der Waals surface area contributed by atoms with E-state index in [2.05, 4.69) is 5.10 Å². The summed E-state index contributed by atoms with van der Waals surface area (Å²) in [5.41, 5.74) is 0.502. The maximum absolute atomic E-state index is 12.0. The molecule has 7 heteroatoms. The monoisotopic (exact) mass is 376 g/mol. The van der Waals surface area contributed by atoms with E-state index < -0.39 is 0 Å². The van der Waals surface area contributed by atoms with Crippen LogP contribution >= 0.6 is 23.2 Å². The lowest BCUT2D eigenvalue weighted by Crippen LogP contribution is -2.03. The Morgan fingerprint density at radius 2 is 2.12 bits per heavy atom. The average molecular weight is 377 g/mol. The van der Waals surface area contributed by atoms with Gasteiger partial charge in [0.1, 0.15) is 34.6 Å². The van der Waals surface area contributed by atoms with Crippen LogP contribution in [0.2, 0.25) is 10.0 Å². The van der Waals surface area contributed by atoms with E-state index in [1.807, 2.05) is 0 Å². The van der Waals surface area contributed by atoms with Crippen LogP contribution in [0.15, 0.2) is 53.1 Å². The molecular weight excluding hydrogens is 363 g/mol. The van der Waals surface area contributed by atoms with Crippen molar-refractivity contribution in [1.29, 1.82) is 0 Å². The van der Waals surface area contributed by atoms with Crippen molar-refractivity contribution >= 4 is 35.1 Å². The van der Waals surface area contributed by atoms with Crippen LogP contribution in [-0.4, -0.2) is 15.6 Å². The van der Waals surface area contributed by atoms with Gasteiger partial charge in [0, 0.05) is 13.2 Å². The molecule has 2 aromatic heterocycles. The zero-order valence-electron chi connectivity index (χ0n) is 13.3. The van der Waals surface area contributed by atoms with E-state index in [0.717, 1.165) is 0 Å². The van der Waals surface area contributed by atoms with Gasteiger partial charge in [-0.05, 0) is 42.5 Å². The van der Waals surface area contributed by atoms with Gasteiger partial charge in [0.05, 0.1) is 5.02 Å². The molecule has 0 aliphatic carbocycles. The van der Waals surface area contributed by atoms with Gasteiger partial charge >= 0.3 is 0 Å². The summed E-state index contributed by atoms with van der Waals surface area (Å²) >= 11 is 12.0.